The molecule has 0 radical (unpaired) electrons. The van der Waals surface area contributed by atoms with Crippen LogP contribution in [0.25, 0.3) is 0 Å². The van der Waals surface area contributed by atoms with Crippen LogP contribution in [0.2, 0.25) is 0 Å². The number of carbonyl (C=O) groups is 1. The molecule has 0 aliphatic rings. The summed E-state index contributed by atoms with van der Waals surface area (Å²) in [6.45, 7) is 0. The predicted molar refractivity (Wildman–Crippen MR) is 38.5 cm³/mol. The van der Waals surface area contributed by atoms with Gasteiger partial charge < -0.3 is 10.4 Å². The summed E-state index contributed by atoms with van der Waals surface area (Å²) in [6.07, 6.45) is 2.65. The first-order valence-electron chi connectivity index (χ1n) is 2.97. The van der Waals surface area contributed by atoms with E-state index in [1.165, 1.54) is 12.4 Å². The minimum absolute atomic E-state index is 0.0585. The Morgan fingerprint density at radius 2 is 2.36 bits per heavy atom. The number of aromatic carboxylic acids is 1. The monoisotopic (exact) mass is 153 g/mol. The van der Waals surface area contributed by atoms with Crippen molar-refractivity contribution in [3.63, 3.8) is 0 Å². The van der Waals surface area contributed by atoms with Crippen LogP contribution in [0.4, 0.5) is 5.82 Å². The van der Waals surface area contributed by atoms with Crippen molar-refractivity contribution in [2.24, 2.45) is 0 Å². The molecule has 1 aromatic heterocycles. The fourth-order valence-electron chi connectivity index (χ4n) is 0.589. The molecule has 0 amide bonds. The van der Waals surface area contributed by atoms with Gasteiger partial charge in [-0.3, -0.25) is 4.98 Å². The number of nitrogens with zero attached hydrogens (tertiary/aromatic N) is 2. The Morgan fingerprint density at radius 1 is 1.64 bits per heavy atom. The van der Waals surface area contributed by atoms with E-state index in [1.54, 1.807) is 7.05 Å². The summed E-state index contributed by atoms with van der Waals surface area (Å²) < 4.78 is 0. The van der Waals surface area contributed by atoms with Crippen LogP contribution in [0.3, 0.4) is 0 Å². The molecule has 1 heterocycles. The van der Waals surface area contributed by atoms with Crippen LogP contribution >= 0.6 is 0 Å². The third-order valence-electron chi connectivity index (χ3n) is 1.11. The maximum atomic E-state index is 10.3. The Kier molecular flexibility index (Phi) is 2.00. The lowest BCUT2D eigenvalue weighted by molar-refractivity contribution is 0.0690. The first-order valence-corrected chi connectivity index (χ1v) is 2.97. The second kappa shape index (κ2) is 2.96. The van der Waals surface area contributed by atoms with Crippen molar-refractivity contribution < 1.29 is 9.90 Å². The van der Waals surface area contributed by atoms with Crippen LogP contribution in [-0.4, -0.2) is 28.1 Å². The molecule has 0 aromatic carbocycles. The number of anilines is 1. The Balaban J connectivity index is 3.01. The molecular formula is C6H7N3O2. The molecule has 0 saturated heterocycles. The highest BCUT2D eigenvalue weighted by Gasteiger charge is 2.04. The van der Waals surface area contributed by atoms with Crippen molar-refractivity contribution in [2.45, 2.75) is 0 Å². The van der Waals surface area contributed by atoms with Gasteiger partial charge in [0.05, 0.1) is 12.4 Å². The highest BCUT2D eigenvalue weighted by Crippen LogP contribution is 1.99. The van der Waals surface area contributed by atoms with E-state index in [2.05, 4.69) is 15.3 Å². The average molecular weight is 153 g/mol. The van der Waals surface area contributed by atoms with Crippen LogP contribution in [0.5, 0.6) is 0 Å². The maximum absolute atomic E-state index is 10.3. The Labute approximate surface area is 63.1 Å². The predicted octanol–water partition coefficient (Wildman–Crippen LogP) is 0.216. The molecule has 58 valence electrons. The lowest BCUT2D eigenvalue weighted by atomic mass is 10.4. The van der Waals surface area contributed by atoms with Gasteiger partial charge in [0.25, 0.3) is 0 Å². The van der Waals surface area contributed by atoms with Crippen LogP contribution in [0, 0.1) is 0 Å². The van der Waals surface area contributed by atoms with Crippen LogP contribution in [0.1, 0.15) is 10.5 Å². The van der Waals surface area contributed by atoms with E-state index in [9.17, 15) is 4.79 Å². The summed E-state index contributed by atoms with van der Waals surface area (Å²) in [6, 6.07) is 0. The second-order valence-corrected chi connectivity index (χ2v) is 1.84. The minimum atomic E-state index is -1.07. The smallest absolute Gasteiger partial charge is 0.356 e. The fraction of sp³-hybridized carbons (Fsp3) is 0.167. The third kappa shape index (κ3) is 1.64. The average Bonchev–Trinajstić information content (AvgIpc) is 2.05. The number of nitrogens with one attached hydrogen (secondary N) is 1. The van der Waals surface area contributed by atoms with Gasteiger partial charge in [-0.15, -0.1) is 0 Å². The molecule has 1 aromatic rings. The first-order chi connectivity index (χ1) is 5.24. The molecule has 2 N–H and O–H groups in total. The van der Waals surface area contributed by atoms with Crippen LogP contribution < -0.4 is 5.32 Å². The number of aromatic nitrogens is 2. The highest BCUT2D eigenvalue weighted by atomic mass is 16.4. The SMILES string of the molecule is CNc1cncc(C(=O)O)n1. The zero-order valence-electron chi connectivity index (χ0n) is 5.90. The molecule has 0 aliphatic carbocycles. The number of hydrogen-bond donors (Lipinski definition) is 2. The number of carboxylic acid groups (broad SMARTS) is 1. The molecule has 0 unspecified atom stereocenters. The van der Waals surface area contributed by atoms with Crippen LogP contribution in [-0.2, 0) is 0 Å². The van der Waals surface area contributed by atoms with Crippen molar-refractivity contribution in [2.75, 3.05) is 12.4 Å². The van der Waals surface area contributed by atoms with Crippen molar-refractivity contribution in [3.05, 3.63) is 18.1 Å². The largest absolute Gasteiger partial charge is 0.476 e. The lowest BCUT2D eigenvalue weighted by Crippen LogP contribution is -2.03. The van der Waals surface area contributed by atoms with Crippen LogP contribution in [0.15, 0.2) is 12.4 Å². The summed E-state index contributed by atoms with van der Waals surface area (Å²) >= 11 is 0. The number of rotatable bonds is 2. The minimum Gasteiger partial charge on any atom is -0.476 e. The van der Waals surface area contributed by atoms with Gasteiger partial charge in [0, 0.05) is 7.05 Å². The molecular weight excluding hydrogens is 146 g/mol. The van der Waals surface area contributed by atoms with Crippen molar-refractivity contribution in [1.29, 1.82) is 0 Å². The second-order valence-electron chi connectivity index (χ2n) is 1.84. The zero-order chi connectivity index (χ0) is 8.27. The molecule has 0 bridgehead atoms. The molecule has 0 spiro atoms. The van der Waals surface area contributed by atoms with Gasteiger partial charge in [-0.05, 0) is 0 Å². The Bertz CT molecular complexity index is 274. The Hall–Kier alpha value is -1.65. The quantitative estimate of drug-likeness (QED) is 0.635. The molecule has 0 atom stereocenters. The van der Waals surface area contributed by atoms with Gasteiger partial charge in [-0.2, -0.15) is 0 Å². The fourth-order valence-corrected chi connectivity index (χ4v) is 0.589. The maximum Gasteiger partial charge on any atom is 0.356 e. The van der Waals surface area contributed by atoms with Crippen molar-refractivity contribution in [1.82, 2.24) is 9.97 Å². The van der Waals surface area contributed by atoms with Gasteiger partial charge in [-0.25, -0.2) is 9.78 Å². The van der Waals surface area contributed by atoms with E-state index >= 15 is 0 Å². The topological polar surface area (TPSA) is 75.1 Å². The van der Waals surface area contributed by atoms with E-state index in [4.69, 9.17) is 5.11 Å². The summed E-state index contributed by atoms with van der Waals surface area (Å²) in [5.74, 6) is -0.625. The molecule has 11 heavy (non-hydrogen) atoms. The summed E-state index contributed by atoms with van der Waals surface area (Å²) in [7, 11) is 1.65. The molecule has 0 saturated carbocycles. The van der Waals surface area contributed by atoms with E-state index in [-0.39, 0.29) is 5.69 Å². The lowest BCUT2D eigenvalue weighted by Gasteiger charge is -1.97. The molecule has 5 heteroatoms. The number of hydrogen-bond acceptors (Lipinski definition) is 4. The van der Waals surface area contributed by atoms with Gasteiger partial charge in [0.15, 0.2) is 5.69 Å². The van der Waals surface area contributed by atoms with E-state index in [1.807, 2.05) is 0 Å². The summed E-state index contributed by atoms with van der Waals surface area (Å²) in [4.78, 5) is 17.7. The van der Waals surface area contributed by atoms with Crippen molar-refractivity contribution >= 4 is 11.8 Å². The molecule has 0 aliphatic heterocycles. The van der Waals surface area contributed by atoms with Gasteiger partial charge in [-0.1, -0.05) is 0 Å². The zero-order valence-corrected chi connectivity index (χ0v) is 5.90. The number of carboxylic acids is 1. The molecule has 0 fully saturated rings. The molecule has 1 rings (SSSR count). The van der Waals surface area contributed by atoms with E-state index in [0.29, 0.717) is 5.82 Å². The Morgan fingerprint density at radius 3 is 2.91 bits per heavy atom. The first kappa shape index (κ1) is 7.46. The van der Waals surface area contributed by atoms with Crippen molar-refractivity contribution in [3.8, 4) is 0 Å². The summed E-state index contributed by atoms with van der Waals surface area (Å²) in [5.41, 5.74) is -0.0585. The third-order valence-corrected chi connectivity index (χ3v) is 1.11. The van der Waals surface area contributed by atoms with Gasteiger partial charge in [0.1, 0.15) is 5.82 Å². The standard InChI is InChI=1S/C6H7N3O2/c1-7-5-3-8-2-4(9-5)6(10)11/h2-3H,1H3,(H,7,9)(H,10,11). The summed E-state index contributed by atoms with van der Waals surface area (Å²) in [5, 5.41) is 11.2. The van der Waals surface area contributed by atoms with Gasteiger partial charge in [0.2, 0.25) is 0 Å². The normalized spacial score (nSPS) is 9.18. The highest BCUT2D eigenvalue weighted by molar-refractivity contribution is 5.85. The van der Waals surface area contributed by atoms with E-state index < -0.39 is 5.97 Å². The van der Waals surface area contributed by atoms with E-state index in [0.717, 1.165) is 0 Å². The molecule has 5 nitrogen and oxygen atoms in total. The van der Waals surface area contributed by atoms with Gasteiger partial charge >= 0.3 is 5.97 Å².